The number of ether oxygens (including phenoxy) is 1. The van der Waals surface area contributed by atoms with Crippen LogP contribution < -0.4 is 0 Å². The number of carbonyl (C=O) groups excluding carboxylic acids is 4. The molecule has 1 saturated heterocycles. The fourth-order valence-electron chi connectivity index (χ4n) is 3.29. The van der Waals surface area contributed by atoms with E-state index < -0.39 is 30.5 Å². The van der Waals surface area contributed by atoms with Crippen molar-refractivity contribution in [3.8, 4) is 0 Å². The summed E-state index contributed by atoms with van der Waals surface area (Å²) in [4.78, 5) is 50.2. The number of ketones is 1. The maximum absolute atomic E-state index is 12.5. The van der Waals surface area contributed by atoms with E-state index in [1.165, 1.54) is 19.1 Å². The van der Waals surface area contributed by atoms with Crippen molar-refractivity contribution >= 4 is 35.2 Å². The molecule has 1 fully saturated rings. The van der Waals surface area contributed by atoms with Gasteiger partial charge in [-0.1, -0.05) is 23.8 Å². The highest BCUT2D eigenvalue weighted by Gasteiger charge is 2.50. The summed E-state index contributed by atoms with van der Waals surface area (Å²) < 4.78 is 5.03. The van der Waals surface area contributed by atoms with E-state index in [-0.39, 0.29) is 17.6 Å². The summed E-state index contributed by atoms with van der Waals surface area (Å²) in [6.07, 6.45) is 4.76. The van der Waals surface area contributed by atoms with Crippen LogP contribution in [0.2, 0.25) is 5.02 Å². The summed E-state index contributed by atoms with van der Waals surface area (Å²) >= 11 is 5.77. The highest BCUT2D eigenvalue weighted by molar-refractivity contribution is 6.30. The zero-order chi connectivity index (χ0) is 18.8. The van der Waals surface area contributed by atoms with Crippen LogP contribution in [0.25, 0.3) is 0 Å². The van der Waals surface area contributed by atoms with Crippen molar-refractivity contribution in [2.24, 2.45) is 11.8 Å². The third-order valence-corrected chi connectivity index (χ3v) is 5.03. The Morgan fingerprint density at radius 3 is 2.19 bits per heavy atom. The molecule has 7 heteroatoms. The number of imide groups is 1. The van der Waals surface area contributed by atoms with E-state index in [0.29, 0.717) is 23.4 Å². The summed E-state index contributed by atoms with van der Waals surface area (Å²) in [5.41, 5.74) is 0.361. The molecule has 2 amide bonds. The normalized spacial score (nSPS) is 22.9. The van der Waals surface area contributed by atoms with Gasteiger partial charge in [-0.25, -0.2) is 4.79 Å². The van der Waals surface area contributed by atoms with E-state index in [4.69, 9.17) is 16.3 Å². The first kappa shape index (κ1) is 18.3. The number of nitrogens with zero attached hydrogens (tertiary/aromatic N) is 1. The van der Waals surface area contributed by atoms with Crippen molar-refractivity contribution in [1.29, 1.82) is 0 Å². The van der Waals surface area contributed by atoms with Gasteiger partial charge in [-0.05, 0) is 44.0 Å². The van der Waals surface area contributed by atoms with Crippen LogP contribution in [0.5, 0.6) is 0 Å². The molecule has 0 saturated carbocycles. The second-order valence-corrected chi connectivity index (χ2v) is 6.85. The largest absolute Gasteiger partial charge is 0.456 e. The molecule has 1 aliphatic carbocycles. The quantitative estimate of drug-likeness (QED) is 0.341. The minimum absolute atomic E-state index is 0.349. The summed E-state index contributed by atoms with van der Waals surface area (Å²) in [5, 5.41) is 0.495. The monoisotopic (exact) mass is 375 g/mol. The molecule has 2 aliphatic rings. The minimum Gasteiger partial charge on any atom is -0.456 e. The van der Waals surface area contributed by atoms with E-state index >= 15 is 0 Å². The van der Waals surface area contributed by atoms with E-state index in [9.17, 15) is 19.2 Å². The molecule has 0 radical (unpaired) electrons. The molecule has 6 nitrogen and oxygen atoms in total. The SMILES string of the molecule is C[C@@H](C(=O)OCC(=O)c1ccc(Cl)cc1)N1C(=O)[C@H]2CC=CC[C@@H]2C1=O. The Balaban J connectivity index is 1.61. The molecule has 3 rings (SSSR count). The molecular formula is C19H18ClNO5. The van der Waals surface area contributed by atoms with Crippen molar-refractivity contribution < 1.29 is 23.9 Å². The van der Waals surface area contributed by atoms with Gasteiger partial charge in [-0.3, -0.25) is 19.3 Å². The van der Waals surface area contributed by atoms with Gasteiger partial charge in [-0.2, -0.15) is 0 Å². The van der Waals surface area contributed by atoms with Gasteiger partial charge in [0, 0.05) is 10.6 Å². The van der Waals surface area contributed by atoms with Crippen LogP contribution in [0, 0.1) is 11.8 Å². The Morgan fingerprint density at radius 2 is 1.65 bits per heavy atom. The molecule has 136 valence electrons. The van der Waals surface area contributed by atoms with Gasteiger partial charge >= 0.3 is 5.97 Å². The Hall–Kier alpha value is -2.47. The molecule has 1 heterocycles. The van der Waals surface area contributed by atoms with Gasteiger partial charge < -0.3 is 4.74 Å². The van der Waals surface area contributed by atoms with E-state index in [1.807, 2.05) is 12.2 Å². The van der Waals surface area contributed by atoms with Gasteiger partial charge in [0.05, 0.1) is 11.8 Å². The van der Waals surface area contributed by atoms with Crippen LogP contribution in [0.15, 0.2) is 36.4 Å². The van der Waals surface area contributed by atoms with Crippen LogP contribution >= 0.6 is 11.6 Å². The molecule has 1 aromatic carbocycles. The summed E-state index contributed by atoms with van der Waals surface area (Å²) in [6, 6.07) is 5.14. The summed E-state index contributed by atoms with van der Waals surface area (Å²) in [5.74, 6) is -2.67. The topological polar surface area (TPSA) is 80.8 Å². The molecular weight excluding hydrogens is 358 g/mol. The van der Waals surface area contributed by atoms with Gasteiger partial charge in [-0.15, -0.1) is 0 Å². The minimum atomic E-state index is -1.06. The van der Waals surface area contributed by atoms with E-state index in [2.05, 4.69) is 0 Å². The average molecular weight is 376 g/mol. The number of allylic oxidation sites excluding steroid dienone is 2. The lowest BCUT2D eigenvalue weighted by molar-refractivity contribution is -0.157. The number of carbonyl (C=O) groups is 4. The second-order valence-electron chi connectivity index (χ2n) is 6.42. The molecule has 0 aromatic heterocycles. The van der Waals surface area contributed by atoms with Crippen molar-refractivity contribution in [2.75, 3.05) is 6.61 Å². The van der Waals surface area contributed by atoms with Crippen molar-refractivity contribution in [1.82, 2.24) is 4.90 Å². The van der Waals surface area contributed by atoms with Crippen LogP contribution in [-0.4, -0.2) is 41.1 Å². The van der Waals surface area contributed by atoms with Crippen LogP contribution in [-0.2, 0) is 19.1 Å². The number of fused-ring (bicyclic) bond motifs is 1. The zero-order valence-corrected chi connectivity index (χ0v) is 14.9. The van der Waals surface area contributed by atoms with E-state index in [1.54, 1.807) is 12.1 Å². The first-order valence-electron chi connectivity index (χ1n) is 8.37. The fourth-order valence-corrected chi connectivity index (χ4v) is 3.42. The number of benzene rings is 1. The van der Waals surface area contributed by atoms with Crippen molar-refractivity contribution in [3.05, 3.63) is 47.0 Å². The Bertz CT molecular complexity index is 760. The number of hydrogen-bond donors (Lipinski definition) is 0. The Morgan fingerprint density at radius 1 is 1.12 bits per heavy atom. The molecule has 1 aliphatic heterocycles. The van der Waals surface area contributed by atoms with Crippen molar-refractivity contribution in [3.63, 3.8) is 0 Å². The third kappa shape index (κ3) is 3.42. The number of esters is 1. The third-order valence-electron chi connectivity index (χ3n) is 4.78. The predicted octanol–water partition coefficient (Wildman–Crippen LogP) is 2.41. The Kier molecular flexibility index (Phi) is 5.23. The van der Waals surface area contributed by atoms with Crippen LogP contribution in [0.3, 0.4) is 0 Å². The summed E-state index contributed by atoms with van der Waals surface area (Å²) in [7, 11) is 0. The number of Topliss-reactive ketones (excluding diaryl/α,β-unsaturated/α-hetero) is 1. The summed E-state index contributed by atoms with van der Waals surface area (Å²) in [6.45, 7) is 0.977. The van der Waals surface area contributed by atoms with Crippen LogP contribution in [0.4, 0.5) is 0 Å². The number of amides is 2. The molecule has 3 atom stereocenters. The lowest BCUT2D eigenvalue weighted by Gasteiger charge is -2.21. The van der Waals surface area contributed by atoms with Gasteiger partial charge in [0.25, 0.3) is 0 Å². The maximum atomic E-state index is 12.5. The van der Waals surface area contributed by atoms with Gasteiger partial charge in [0.1, 0.15) is 6.04 Å². The number of likely N-dealkylation sites (tertiary alicyclic amines) is 1. The molecule has 0 bridgehead atoms. The van der Waals surface area contributed by atoms with Gasteiger partial charge in [0.2, 0.25) is 11.8 Å². The number of hydrogen-bond acceptors (Lipinski definition) is 5. The zero-order valence-electron chi connectivity index (χ0n) is 14.2. The average Bonchev–Trinajstić information content (AvgIpc) is 2.90. The lowest BCUT2D eigenvalue weighted by Crippen LogP contribution is -2.44. The molecule has 26 heavy (non-hydrogen) atoms. The smallest absolute Gasteiger partial charge is 0.329 e. The fraction of sp³-hybridized carbons (Fsp3) is 0.368. The highest BCUT2D eigenvalue weighted by atomic mass is 35.5. The van der Waals surface area contributed by atoms with Crippen molar-refractivity contribution in [2.45, 2.75) is 25.8 Å². The standard InChI is InChI=1S/C19H18ClNO5/c1-11(21-17(23)14-4-2-3-5-15(14)18(21)24)19(25)26-10-16(22)12-6-8-13(20)9-7-12/h2-3,6-9,11,14-15H,4-5,10H2,1H3/t11-,14-,15-/m0/s1. The van der Waals surface area contributed by atoms with Crippen LogP contribution in [0.1, 0.15) is 30.1 Å². The number of halogens is 1. The molecule has 0 N–H and O–H groups in total. The van der Waals surface area contributed by atoms with Gasteiger partial charge in [0.15, 0.2) is 12.4 Å². The lowest BCUT2D eigenvalue weighted by atomic mass is 9.85. The molecule has 0 unspecified atom stereocenters. The molecule has 1 aromatic rings. The highest BCUT2D eigenvalue weighted by Crippen LogP contribution is 2.36. The second kappa shape index (κ2) is 7.41. The first-order valence-corrected chi connectivity index (χ1v) is 8.75. The Labute approximate surface area is 155 Å². The molecule has 0 spiro atoms. The maximum Gasteiger partial charge on any atom is 0.329 e. The van der Waals surface area contributed by atoms with E-state index in [0.717, 1.165) is 4.90 Å². The number of rotatable bonds is 5. The first-order chi connectivity index (χ1) is 12.4. The predicted molar refractivity (Wildman–Crippen MR) is 93.4 cm³/mol.